The lowest BCUT2D eigenvalue weighted by atomic mass is 9.90. The molecule has 3 N–H and O–H groups in total. The van der Waals surface area contributed by atoms with Gasteiger partial charge in [-0.2, -0.15) is 5.10 Å². The monoisotopic (exact) mass is 293 g/mol. The van der Waals surface area contributed by atoms with Gasteiger partial charge in [0.25, 0.3) is 0 Å². The number of carbonyl (C=O) groups is 1. The standard InChI is InChI=1S/C15H27N5O/c1-3-6-19-7-4-13(5-8-19)12(2)18-14-9-17-20(10-14)11-15(16)21/h9-10,12-13,18H,3-8,11H2,1-2H3,(H2,16,21). The van der Waals surface area contributed by atoms with Crippen LogP contribution in [0.25, 0.3) is 0 Å². The van der Waals surface area contributed by atoms with E-state index in [4.69, 9.17) is 5.73 Å². The van der Waals surface area contributed by atoms with Crippen LogP contribution in [0.3, 0.4) is 0 Å². The van der Waals surface area contributed by atoms with Crippen LogP contribution in [0.4, 0.5) is 5.69 Å². The molecule has 1 unspecified atom stereocenters. The number of likely N-dealkylation sites (tertiary alicyclic amines) is 1. The first kappa shape index (κ1) is 15.8. The fourth-order valence-electron chi connectivity index (χ4n) is 3.06. The van der Waals surface area contributed by atoms with E-state index in [-0.39, 0.29) is 12.5 Å². The summed E-state index contributed by atoms with van der Waals surface area (Å²) >= 11 is 0. The van der Waals surface area contributed by atoms with Crippen molar-refractivity contribution >= 4 is 11.6 Å². The predicted molar refractivity (Wildman–Crippen MR) is 84.0 cm³/mol. The van der Waals surface area contributed by atoms with Crippen LogP contribution in [-0.2, 0) is 11.3 Å². The number of piperidine rings is 1. The number of anilines is 1. The zero-order chi connectivity index (χ0) is 15.2. The van der Waals surface area contributed by atoms with E-state index in [1.54, 1.807) is 10.9 Å². The second-order valence-corrected chi connectivity index (χ2v) is 6.00. The van der Waals surface area contributed by atoms with Crippen molar-refractivity contribution < 1.29 is 4.79 Å². The summed E-state index contributed by atoms with van der Waals surface area (Å²) in [6.45, 7) is 8.21. The quantitative estimate of drug-likeness (QED) is 0.794. The molecule has 2 rings (SSSR count). The van der Waals surface area contributed by atoms with Crippen LogP contribution in [0.1, 0.15) is 33.1 Å². The average Bonchev–Trinajstić information content (AvgIpc) is 2.86. The lowest BCUT2D eigenvalue weighted by molar-refractivity contribution is -0.118. The Balaban J connectivity index is 1.80. The van der Waals surface area contributed by atoms with Crippen molar-refractivity contribution in [3.63, 3.8) is 0 Å². The van der Waals surface area contributed by atoms with Gasteiger partial charge < -0.3 is 16.0 Å². The van der Waals surface area contributed by atoms with Gasteiger partial charge in [0.15, 0.2) is 0 Å². The molecule has 21 heavy (non-hydrogen) atoms. The Kier molecular flexibility index (Phi) is 5.61. The van der Waals surface area contributed by atoms with Crippen LogP contribution < -0.4 is 11.1 Å². The zero-order valence-corrected chi connectivity index (χ0v) is 13.1. The summed E-state index contributed by atoms with van der Waals surface area (Å²) in [5.74, 6) is 0.318. The smallest absolute Gasteiger partial charge is 0.239 e. The molecule has 1 aliphatic heterocycles. The molecule has 1 fully saturated rings. The molecule has 6 nitrogen and oxygen atoms in total. The molecule has 1 atom stereocenters. The molecule has 0 aliphatic carbocycles. The lowest BCUT2D eigenvalue weighted by Gasteiger charge is -2.35. The maximum atomic E-state index is 10.9. The minimum Gasteiger partial charge on any atom is -0.380 e. The highest BCUT2D eigenvalue weighted by Crippen LogP contribution is 2.23. The topological polar surface area (TPSA) is 76.2 Å². The molecular formula is C15H27N5O. The Morgan fingerprint density at radius 1 is 1.52 bits per heavy atom. The van der Waals surface area contributed by atoms with Crippen molar-refractivity contribution in [1.82, 2.24) is 14.7 Å². The van der Waals surface area contributed by atoms with E-state index in [1.165, 1.54) is 38.9 Å². The minimum absolute atomic E-state index is 0.130. The SMILES string of the molecule is CCCN1CCC(C(C)Nc2cnn(CC(N)=O)c2)CC1. The second kappa shape index (κ2) is 7.45. The van der Waals surface area contributed by atoms with Gasteiger partial charge >= 0.3 is 0 Å². The molecule has 2 heterocycles. The van der Waals surface area contributed by atoms with E-state index in [2.05, 4.69) is 29.2 Å². The number of nitrogens with zero attached hydrogens (tertiary/aromatic N) is 3. The number of nitrogens with two attached hydrogens (primary N) is 1. The van der Waals surface area contributed by atoms with Crippen LogP contribution in [-0.4, -0.2) is 46.3 Å². The van der Waals surface area contributed by atoms with E-state index in [9.17, 15) is 4.79 Å². The third-order valence-electron chi connectivity index (χ3n) is 4.22. The van der Waals surface area contributed by atoms with E-state index in [1.807, 2.05) is 6.20 Å². The highest BCUT2D eigenvalue weighted by molar-refractivity contribution is 5.73. The molecule has 0 bridgehead atoms. The number of hydrogen-bond acceptors (Lipinski definition) is 4. The highest BCUT2D eigenvalue weighted by atomic mass is 16.1. The Hall–Kier alpha value is -1.56. The van der Waals surface area contributed by atoms with Crippen molar-refractivity contribution in [3.8, 4) is 0 Å². The maximum absolute atomic E-state index is 10.9. The summed E-state index contributed by atoms with van der Waals surface area (Å²) in [6, 6.07) is 0.417. The number of primary amides is 1. The summed E-state index contributed by atoms with van der Waals surface area (Å²) < 4.78 is 1.57. The van der Waals surface area contributed by atoms with Crippen molar-refractivity contribution in [2.75, 3.05) is 25.0 Å². The lowest BCUT2D eigenvalue weighted by Crippen LogP contribution is -2.39. The minimum atomic E-state index is -0.374. The van der Waals surface area contributed by atoms with Gasteiger partial charge in [0.05, 0.1) is 11.9 Å². The van der Waals surface area contributed by atoms with Crippen LogP contribution in [0, 0.1) is 5.92 Å². The Bertz CT molecular complexity index is 451. The molecule has 1 amide bonds. The molecule has 0 saturated carbocycles. The number of aromatic nitrogens is 2. The van der Waals surface area contributed by atoms with Crippen LogP contribution in [0.5, 0.6) is 0 Å². The van der Waals surface area contributed by atoms with E-state index >= 15 is 0 Å². The largest absolute Gasteiger partial charge is 0.380 e. The molecule has 118 valence electrons. The fourth-order valence-corrected chi connectivity index (χ4v) is 3.06. The maximum Gasteiger partial charge on any atom is 0.239 e. The number of nitrogens with one attached hydrogen (secondary N) is 1. The second-order valence-electron chi connectivity index (χ2n) is 6.00. The van der Waals surface area contributed by atoms with Gasteiger partial charge in [-0.05, 0) is 51.7 Å². The third-order valence-corrected chi connectivity index (χ3v) is 4.22. The van der Waals surface area contributed by atoms with E-state index in [0.717, 1.165) is 5.69 Å². The Morgan fingerprint density at radius 3 is 2.86 bits per heavy atom. The summed E-state index contributed by atoms with van der Waals surface area (Å²) in [4.78, 5) is 13.4. The molecule has 1 aliphatic rings. The van der Waals surface area contributed by atoms with Gasteiger partial charge in [0.1, 0.15) is 6.54 Å². The number of carbonyl (C=O) groups excluding carboxylic acids is 1. The average molecular weight is 293 g/mol. The van der Waals surface area contributed by atoms with Crippen molar-refractivity contribution in [2.45, 2.75) is 45.7 Å². The Labute approximate surface area is 126 Å². The van der Waals surface area contributed by atoms with Gasteiger partial charge in [-0.3, -0.25) is 9.48 Å². The van der Waals surface area contributed by atoms with Crippen molar-refractivity contribution in [1.29, 1.82) is 0 Å². The number of rotatable bonds is 7. The van der Waals surface area contributed by atoms with Gasteiger partial charge in [0, 0.05) is 12.2 Å². The zero-order valence-electron chi connectivity index (χ0n) is 13.1. The first-order valence-electron chi connectivity index (χ1n) is 7.88. The van der Waals surface area contributed by atoms with E-state index in [0.29, 0.717) is 12.0 Å². The molecule has 0 spiro atoms. The van der Waals surface area contributed by atoms with Gasteiger partial charge in [-0.1, -0.05) is 6.92 Å². The fraction of sp³-hybridized carbons (Fsp3) is 0.733. The molecule has 0 radical (unpaired) electrons. The normalized spacial score (nSPS) is 18.6. The van der Waals surface area contributed by atoms with Gasteiger partial charge in [-0.25, -0.2) is 0 Å². The van der Waals surface area contributed by atoms with Crippen LogP contribution >= 0.6 is 0 Å². The van der Waals surface area contributed by atoms with Gasteiger partial charge in [-0.15, -0.1) is 0 Å². The molecule has 1 aromatic rings. The Morgan fingerprint density at radius 2 is 2.24 bits per heavy atom. The van der Waals surface area contributed by atoms with Crippen molar-refractivity contribution in [3.05, 3.63) is 12.4 Å². The number of hydrogen-bond donors (Lipinski definition) is 2. The molecular weight excluding hydrogens is 266 g/mol. The predicted octanol–water partition coefficient (Wildman–Crippen LogP) is 1.29. The first-order chi connectivity index (χ1) is 10.1. The first-order valence-corrected chi connectivity index (χ1v) is 7.88. The highest BCUT2D eigenvalue weighted by Gasteiger charge is 2.23. The summed E-state index contributed by atoms with van der Waals surface area (Å²) in [5, 5.41) is 7.63. The van der Waals surface area contributed by atoms with Gasteiger partial charge in [0.2, 0.25) is 5.91 Å². The summed E-state index contributed by atoms with van der Waals surface area (Å²) in [5.41, 5.74) is 6.12. The van der Waals surface area contributed by atoms with Crippen LogP contribution in [0.15, 0.2) is 12.4 Å². The third kappa shape index (κ3) is 4.74. The van der Waals surface area contributed by atoms with Crippen LogP contribution in [0.2, 0.25) is 0 Å². The molecule has 0 aromatic carbocycles. The van der Waals surface area contributed by atoms with Crippen molar-refractivity contribution in [2.24, 2.45) is 11.7 Å². The van der Waals surface area contributed by atoms with E-state index < -0.39 is 0 Å². The summed E-state index contributed by atoms with van der Waals surface area (Å²) in [6.07, 6.45) is 7.31. The molecule has 1 saturated heterocycles. The number of amides is 1. The summed E-state index contributed by atoms with van der Waals surface area (Å²) in [7, 11) is 0. The molecule has 6 heteroatoms. The molecule has 1 aromatic heterocycles.